The molecular weight excluding hydrogens is 340 g/mol. The van der Waals surface area contributed by atoms with E-state index in [1.54, 1.807) is 14.0 Å². The smallest absolute Gasteiger partial charge is 0.334 e. The van der Waals surface area contributed by atoms with Crippen molar-refractivity contribution in [2.24, 2.45) is 0 Å². The molecule has 0 saturated heterocycles. The van der Waals surface area contributed by atoms with E-state index in [0.29, 0.717) is 23.8 Å². The summed E-state index contributed by atoms with van der Waals surface area (Å²) in [6.45, 7) is 2.38. The topological polar surface area (TPSA) is 62.5 Å². The molecule has 0 amide bonds. The third-order valence-corrected chi connectivity index (χ3v) is 4.68. The van der Waals surface area contributed by atoms with Crippen LogP contribution in [-0.4, -0.2) is 29.5 Å². The number of terminal acetylenes is 1. The molecule has 0 radical (unpaired) electrons. The summed E-state index contributed by atoms with van der Waals surface area (Å²) >= 11 is 1.35. The van der Waals surface area contributed by atoms with Crippen LogP contribution in [-0.2, 0) is 22.7 Å². The molecule has 7 heteroatoms. The molecule has 0 aliphatic carbocycles. The lowest BCUT2D eigenvalue weighted by atomic mass is 10.3. The predicted octanol–water partition coefficient (Wildman–Crippen LogP) is 1.72. The molecule has 1 aromatic carbocycles. The van der Waals surface area contributed by atoms with E-state index in [0.717, 1.165) is 9.46 Å². The molecule has 6 nitrogen and oxygen atoms in total. The fraction of sp³-hybridized carbons (Fsp3) is 0.333. The molecule has 0 atom stereocenters. The van der Waals surface area contributed by atoms with Crippen molar-refractivity contribution in [3.63, 3.8) is 0 Å². The van der Waals surface area contributed by atoms with Crippen LogP contribution in [0.25, 0.3) is 0 Å². The number of methoxy groups -OCH3 is 1. The molecule has 2 rings (SSSR count). The van der Waals surface area contributed by atoms with Gasteiger partial charge in [-0.2, -0.15) is 0 Å². The van der Waals surface area contributed by atoms with Crippen LogP contribution in [0.5, 0.6) is 0 Å². The van der Waals surface area contributed by atoms with Gasteiger partial charge in [-0.1, -0.05) is 35.9 Å². The SMILES string of the molecule is C#CCn1c(=O)c(C)c(Sc2ccccc2)n(COCCOC)c1=O. The van der Waals surface area contributed by atoms with Gasteiger partial charge in [0.2, 0.25) is 0 Å². The highest BCUT2D eigenvalue weighted by atomic mass is 32.2. The molecule has 1 heterocycles. The fourth-order valence-electron chi connectivity index (χ4n) is 2.19. The average molecular weight is 360 g/mol. The van der Waals surface area contributed by atoms with Gasteiger partial charge >= 0.3 is 5.69 Å². The van der Waals surface area contributed by atoms with Gasteiger partial charge < -0.3 is 9.47 Å². The van der Waals surface area contributed by atoms with Crippen LogP contribution in [0.3, 0.4) is 0 Å². The highest BCUT2D eigenvalue weighted by molar-refractivity contribution is 7.99. The van der Waals surface area contributed by atoms with Crippen LogP contribution in [0.1, 0.15) is 5.56 Å². The third-order valence-electron chi connectivity index (χ3n) is 3.45. The molecule has 0 aliphatic heterocycles. The van der Waals surface area contributed by atoms with Gasteiger partial charge in [0, 0.05) is 17.6 Å². The Kier molecular flexibility index (Phi) is 7.07. The van der Waals surface area contributed by atoms with E-state index in [9.17, 15) is 9.59 Å². The maximum Gasteiger partial charge on any atom is 0.334 e. The monoisotopic (exact) mass is 360 g/mol. The Morgan fingerprint density at radius 1 is 1.16 bits per heavy atom. The van der Waals surface area contributed by atoms with Crippen molar-refractivity contribution in [1.82, 2.24) is 9.13 Å². The Hall–Kier alpha value is -2.27. The largest absolute Gasteiger partial charge is 0.382 e. The fourth-order valence-corrected chi connectivity index (χ4v) is 3.19. The molecule has 1 aromatic heterocycles. The zero-order valence-corrected chi connectivity index (χ0v) is 15.0. The van der Waals surface area contributed by atoms with E-state index in [4.69, 9.17) is 15.9 Å². The van der Waals surface area contributed by atoms with Gasteiger partial charge in [-0.25, -0.2) is 9.36 Å². The molecule has 0 bridgehead atoms. The van der Waals surface area contributed by atoms with E-state index in [-0.39, 0.29) is 18.8 Å². The van der Waals surface area contributed by atoms with Crippen molar-refractivity contribution < 1.29 is 9.47 Å². The van der Waals surface area contributed by atoms with Gasteiger partial charge in [0.1, 0.15) is 6.73 Å². The first-order valence-corrected chi connectivity index (χ1v) is 8.49. The summed E-state index contributed by atoms with van der Waals surface area (Å²) in [5.41, 5.74) is -0.405. The van der Waals surface area contributed by atoms with E-state index < -0.39 is 5.69 Å². The first-order valence-electron chi connectivity index (χ1n) is 7.67. The van der Waals surface area contributed by atoms with Crippen LogP contribution >= 0.6 is 11.8 Å². The van der Waals surface area contributed by atoms with Crippen molar-refractivity contribution in [1.29, 1.82) is 0 Å². The number of aromatic nitrogens is 2. The van der Waals surface area contributed by atoms with E-state index in [1.807, 2.05) is 30.3 Å². The predicted molar refractivity (Wildman–Crippen MR) is 96.9 cm³/mol. The minimum absolute atomic E-state index is 0.0169. The molecule has 0 saturated carbocycles. The van der Waals surface area contributed by atoms with Crippen LogP contribution in [0.15, 0.2) is 49.8 Å². The number of nitrogens with zero attached hydrogens (tertiary/aromatic N) is 2. The second kappa shape index (κ2) is 9.28. The van der Waals surface area contributed by atoms with Crippen LogP contribution in [0, 0.1) is 19.3 Å². The first kappa shape index (κ1) is 19.1. The summed E-state index contributed by atoms with van der Waals surface area (Å²) in [5.74, 6) is 2.35. The molecule has 0 N–H and O–H groups in total. The van der Waals surface area contributed by atoms with Gasteiger partial charge in [-0.3, -0.25) is 9.36 Å². The van der Waals surface area contributed by atoms with Gasteiger partial charge in [0.15, 0.2) is 0 Å². The molecule has 132 valence electrons. The highest BCUT2D eigenvalue weighted by Crippen LogP contribution is 2.27. The lowest BCUT2D eigenvalue weighted by molar-refractivity contribution is 0.0275. The Balaban J connectivity index is 2.49. The van der Waals surface area contributed by atoms with Crippen LogP contribution in [0.2, 0.25) is 0 Å². The van der Waals surface area contributed by atoms with E-state index in [2.05, 4.69) is 5.92 Å². The number of rotatable bonds is 8. The second-order valence-corrected chi connectivity index (χ2v) is 6.24. The summed E-state index contributed by atoms with van der Waals surface area (Å²) < 4.78 is 12.9. The van der Waals surface area contributed by atoms with Gasteiger partial charge in [0.25, 0.3) is 5.56 Å². The zero-order chi connectivity index (χ0) is 18.2. The zero-order valence-electron chi connectivity index (χ0n) is 14.2. The minimum atomic E-state index is -0.482. The lowest BCUT2D eigenvalue weighted by Crippen LogP contribution is -2.42. The minimum Gasteiger partial charge on any atom is -0.382 e. The number of benzene rings is 1. The molecular formula is C18H20N2O4S. The van der Waals surface area contributed by atoms with Crippen molar-refractivity contribution in [2.75, 3.05) is 20.3 Å². The molecule has 0 fully saturated rings. The van der Waals surface area contributed by atoms with Gasteiger partial charge in [-0.05, 0) is 19.1 Å². The molecule has 0 aliphatic rings. The van der Waals surface area contributed by atoms with Crippen LogP contribution in [0.4, 0.5) is 0 Å². The van der Waals surface area contributed by atoms with E-state index in [1.165, 1.54) is 16.3 Å². The Bertz CT molecular complexity index is 866. The Labute approximate surface area is 150 Å². The molecule has 0 unspecified atom stereocenters. The second-order valence-electron chi connectivity index (χ2n) is 5.18. The molecule has 0 spiro atoms. The van der Waals surface area contributed by atoms with Crippen molar-refractivity contribution >= 4 is 11.8 Å². The molecule has 25 heavy (non-hydrogen) atoms. The number of hydrogen-bond donors (Lipinski definition) is 0. The Morgan fingerprint density at radius 3 is 2.52 bits per heavy atom. The van der Waals surface area contributed by atoms with Crippen molar-refractivity contribution in [2.45, 2.75) is 30.1 Å². The highest BCUT2D eigenvalue weighted by Gasteiger charge is 2.17. The third kappa shape index (κ3) is 4.63. The first-order chi connectivity index (χ1) is 12.1. The van der Waals surface area contributed by atoms with Crippen molar-refractivity contribution in [3.05, 3.63) is 56.7 Å². The normalized spacial score (nSPS) is 10.6. The Morgan fingerprint density at radius 2 is 1.88 bits per heavy atom. The standard InChI is InChI=1S/C18H20N2O4S/c1-4-10-19-16(21)14(2)17(25-15-8-6-5-7-9-15)20(18(19)22)13-24-12-11-23-3/h1,5-9H,10-13H2,2-3H3. The van der Waals surface area contributed by atoms with Gasteiger partial charge in [0.05, 0.1) is 24.8 Å². The summed E-state index contributed by atoms with van der Waals surface area (Å²) in [5, 5.41) is 0.548. The number of hydrogen-bond acceptors (Lipinski definition) is 5. The summed E-state index contributed by atoms with van der Waals surface area (Å²) in [6.07, 6.45) is 5.29. The lowest BCUT2D eigenvalue weighted by Gasteiger charge is -2.17. The summed E-state index contributed by atoms with van der Waals surface area (Å²) in [4.78, 5) is 26.1. The maximum atomic E-state index is 12.7. The molecule has 2 aromatic rings. The number of ether oxygens (including phenoxy) is 2. The van der Waals surface area contributed by atoms with E-state index >= 15 is 0 Å². The quantitative estimate of drug-likeness (QED) is 0.408. The summed E-state index contributed by atoms with van der Waals surface area (Å²) in [6, 6.07) is 9.53. The van der Waals surface area contributed by atoms with Gasteiger partial charge in [-0.15, -0.1) is 6.42 Å². The average Bonchev–Trinajstić information content (AvgIpc) is 2.63. The van der Waals surface area contributed by atoms with Crippen molar-refractivity contribution in [3.8, 4) is 12.3 Å². The summed E-state index contributed by atoms with van der Waals surface area (Å²) in [7, 11) is 1.57. The maximum absolute atomic E-state index is 12.7. The van der Waals surface area contributed by atoms with Crippen LogP contribution < -0.4 is 11.2 Å².